The van der Waals surface area contributed by atoms with E-state index in [0.717, 1.165) is 20.8 Å². The third kappa shape index (κ3) is 3.72. The average Bonchev–Trinajstić information content (AvgIpc) is 3.15. The molecule has 120 valence electrons. The molecule has 0 saturated heterocycles. The van der Waals surface area contributed by atoms with Crippen molar-refractivity contribution in [1.82, 2.24) is 14.2 Å². The van der Waals surface area contributed by atoms with E-state index in [1.807, 2.05) is 29.6 Å². The monoisotopic (exact) mass is 368 g/mol. The summed E-state index contributed by atoms with van der Waals surface area (Å²) < 4.78 is 24.7. The van der Waals surface area contributed by atoms with Crippen LogP contribution in [0.1, 0.15) is 5.56 Å². The van der Waals surface area contributed by atoms with Crippen molar-refractivity contribution in [3.05, 3.63) is 52.4 Å². The lowest BCUT2D eigenvalue weighted by Gasteiger charge is -2.06. The molecule has 2 aromatic heterocycles. The minimum absolute atomic E-state index is 0.186. The maximum absolute atomic E-state index is 11.9. The standard InChI is InChI=1S/C14H13ClN4O2S2/c1-23(20,21)19-14(16-9-10-4-6-11(15)7-5-10)17-13(18-19)12-3-2-8-22-12/h2-8H,9H2,1H3,(H,16,17,18). The topological polar surface area (TPSA) is 76.9 Å². The molecule has 3 aromatic rings. The van der Waals surface area contributed by atoms with Gasteiger partial charge in [-0.2, -0.15) is 4.98 Å². The Labute approximate surface area is 142 Å². The normalized spacial score (nSPS) is 11.6. The molecule has 0 amide bonds. The van der Waals surface area contributed by atoms with Crippen LogP contribution < -0.4 is 5.32 Å². The second-order valence-corrected chi connectivity index (χ2v) is 8.02. The molecule has 6 nitrogen and oxygen atoms in total. The molecular formula is C14H13ClN4O2S2. The number of benzene rings is 1. The van der Waals surface area contributed by atoms with Crippen molar-refractivity contribution >= 4 is 38.9 Å². The van der Waals surface area contributed by atoms with E-state index in [-0.39, 0.29) is 5.95 Å². The molecule has 0 aliphatic rings. The van der Waals surface area contributed by atoms with Crippen LogP contribution in [0.3, 0.4) is 0 Å². The van der Waals surface area contributed by atoms with Gasteiger partial charge in [0.05, 0.1) is 11.1 Å². The lowest BCUT2D eigenvalue weighted by atomic mass is 10.2. The van der Waals surface area contributed by atoms with Crippen LogP contribution in [0.2, 0.25) is 5.02 Å². The van der Waals surface area contributed by atoms with Crippen LogP contribution in [0.15, 0.2) is 41.8 Å². The Hall–Kier alpha value is -1.90. The highest BCUT2D eigenvalue weighted by atomic mass is 35.5. The van der Waals surface area contributed by atoms with Crippen LogP contribution in [-0.4, -0.2) is 28.8 Å². The van der Waals surface area contributed by atoms with Gasteiger partial charge in [-0.3, -0.25) is 0 Å². The molecule has 0 fully saturated rings. The molecule has 0 bridgehead atoms. The minimum Gasteiger partial charge on any atom is -0.349 e. The summed E-state index contributed by atoms with van der Waals surface area (Å²) in [6.07, 6.45) is 1.09. The van der Waals surface area contributed by atoms with E-state index in [0.29, 0.717) is 17.4 Å². The number of halogens is 1. The SMILES string of the molecule is CS(=O)(=O)n1nc(-c2cccs2)nc1NCc1ccc(Cl)cc1. The molecule has 0 saturated carbocycles. The zero-order valence-electron chi connectivity index (χ0n) is 12.1. The number of hydrogen-bond donors (Lipinski definition) is 1. The summed E-state index contributed by atoms with van der Waals surface area (Å²) in [6, 6.07) is 11.0. The van der Waals surface area contributed by atoms with Gasteiger partial charge in [-0.25, -0.2) is 8.42 Å². The molecule has 2 heterocycles. The first-order valence-electron chi connectivity index (χ1n) is 6.63. The van der Waals surface area contributed by atoms with Crippen LogP contribution in [0, 0.1) is 0 Å². The first kappa shape index (κ1) is 16.0. The zero-order valence-corrected chi connectivity index (χ0v) is 14.5. The number of thiophene rings is 1. The highest BCUT2D eigenvalue weighted by Crippen LogP contribution is 2.23. The third-order valence-electron chi connectivity index (χ3n) is 3.00. The molecule has 0 spiro atoms. The van der Waals surface area contributed by atoms with Gasteiger partial charge in [0.15, 0.2) is 5.82 Å². The van der Waals surface area contributed by atoms with Gasteiger partial charge in [0.2, 0.25) is 5.95 Å². The zero-order chi connectivity index (χ0) is 16.4. The second kappa shape index (κ2) is 6.31. The Morgan fingerprint density at radius 3 is 2.61 bits per heavy atom. The van der Waals surface area contributed by atoms with Gasteiger partial charge in [-0.1, -0.05) is 29.8 Å². The average molecular weight is 369 g/mol. The predicted molar refractivity (Wildman–Crippen MR) is 92.4 cm³/mol. The first-order chi connectivity index (χ1) is 10.9. The van der Waals surface area contributed by atoms with Gasteiger partial charge in [-0.15, -0.1) is 20.5 Å². The molecule has 0 atom stereocenters. The fourth-order valence-electron chi connectivity index (χ4n) is 1.93. The summed E-state index contributed by atoms with van der Waals surface area (Å²) in [5.74, 6) is 0.565. The van der Waals surface area contributed by atoms with Gasteiger partial charge < -0.3 is 5.32 Å². The van der Waals surface area contributed by atoms with Crippen LogP contribution in [-0.2, 0) is 16.6 Å². The van der Waals surface area contributed by atoms with Crippen molar-refractivity contribution < 1.29 is 8.42 Å². The largest absolute Gasteiger partial charge is 0.349 e. The van der Waals surface area contributed by atoms with Crippen molar-refractivity contribution in [2.45, 2.75) is 6.54 Å². The molecule has 0 radical (unpaired) electrons. The maximum atomic E-state index is 11.9. The van der Waals surface area contributed by atoms with Crippen LogP contribution >= 0.6 is 22.9 Å². The van der Waals surface area contributed by atoms with Crippen LogP contribution in [0.25, 0.3) is 10.7 Å². The Morgan fingerprint density at radius 2 is 2.00 bits per heavy atom. The maximum Gasteiger partial charge on any atom is 0.254 e. The molecule has 3 rings (SSSR count). The fraction of sp³-hybridized carbons (Fsp3) is 0.143. The summed E-state index contributed by atoms with van der Waals surface area (Å²) in [7, 11) is -3.55. The molecule has 1 aromatic carbocycles. The highest BCUT2D eigenvalue weighted by Gasteiger charge is 2.18. The smallest absolute Gasteiger partial charge is 0.254 e. The van der Waals surface area contributed by atoms with E-state index in [9.17, 15) is 8.42 Å². The van der Waals surface area contributed by atoms with Crippen LogP contribution in [0.4, 0.5) is 5.95 Å². The van der Waals surface area contributed by atoms with E-state index in [4.69, 9.17) is 11.6 Å². The molecule has 0 aliphatic heterocycles. The minimum atomic E-state index is -3.55. The van der Waals surface area contributed by atoms with E-state index < -0.39 is 10.0 Å². The van der Waals surface area contributed by atoms with Crippen molar-refractivity contribution in [3.63, 3.8) is 0 Å². The summed E-state index contributed by atoms with van der Waals surface area (Å²) in [5, 5.41) is 9.64. The predicted octanol–water partition coefficient (Wildman–Crippen LogP) is 3.08. The lowest BCUT2D eigenvalue weighted by molar-refractivity contribution is 0.587. The van der Waals surface area contributed by atoms with Crippen LogP contribution in [0.5, 0.6) is 0 Å². The fourth-order valence-corrected chi connectivity index (χ4v) is 3.35. The van der Waals surface area contributed by atoms with E-state index in [1.54, 1.807) is 12.1 Å². The van der Waals surface area contributed by atoms with Gasteiger partial charge in [0.1, 0.15) is 0 Å². The Bertz CT molecular complexity index is 903. The first-order valence-corrected chi connectivity index (χ1v) is 9.74. The number of nitrogens with one attached hydrogen (secondary N) is 1. The molecular weight excluding hydrogens is 356 g/mol. The van der Waals surface area contributed by atoms with Crippen molar-refractivity contribution in [2.75, 3.05) is 11.6 Å². The molecule has 1 N–H and O–H groups in total. The Morgan fingerprint density at radius 1 is 1.26 bits per heavy atom. The number of hydrogen-bond acceptors (Lipinski definition) is 6. The third-order valence-corrected chi connectivity index (χ3v) is 5.00. The molecule has 23 heavy (non-hydrogen) atoms. The summed E-state index contributed by atoms with van der Waals surface area (Å²) in [6.45, 7) is 0.412. The van der Waals surface area contributed by atoms with E-state index in [1.165, 1.54) is 11.3 Å². The van der Waals surface area contributed by atoms with Crippen molar-refractivity contribution in [1.29, 1.82) is 0 Å². The van der Waals surface area contributed by atoms with Gasteiger partial charge >= 0.3 is 0 Å². The van der Waals surface area contributed by atoms with Crippen molar-refractivity contribution in [3.8, 4) is 10.7 Å². The van der Waals surface area contributed by atoms with Gasteiger partial charge in [0.25, 0.3) is 10.0 Å². The molecule has 0 aliphatic carbocycles. The van der Waals surface area contributed by atoms with Gasteiger partial charge in [-0.05, 0) is 29.1 Å². The second-order valence-electron chi connectivity index (χ2n) is 4.82. The summed E-state index contributed by atoms with van der Waals surface area (Å²) >= 11 is 7.30. The molecule has 9 heteroatoms. The van der Waals surface area contributed by atoms with Gasteiger partial charge in [0, 0.05) is 11.6 Å². The quantitative estimate of drug-likeness (QED) is 0.748. The summed E-state index contributed by atoms with van der Waals surface area (Å²) in [4.78, 5) is 5.11. The number of aromatic nitrogens is 3. The molecule has 0 unspecified atom stereocenters. The van der Waals surface area contributed by atoms with E-state index >= 15 is 0 Å². The Balaban J connectivity index is 1.89. The summed E-state index contributed by atoms with van der Waals surface area (Å²) in [5.41, 5.74) is 0.954. The number of nitrogens with zero attached hydrogens (tertiary/aromatic N) is 3. The lowest BCUT2D eigenvalue weighted by Crippen LogP contribution is -2.16. The van der Waals surface area contributed by atoms with Crippen molar-refractivity contribution in [2.24, 2.45) is 0 Å². The number of rotatable bonds is 5. The Kier molecular flexibility index (Phi) is 4.38. The number of anilines is 1. The highest BCUT2D eigenvalue weighted by molar-refractivity contribution is 7.89. The van der Waals surface area contributed by atoms with E-state index in [2.05, 4.69) is 15.4 Å².